The highest BCUT2D eigenvalue weighted by atomic mass is 16.1. The Labute approximate surface area is 117 Å². The molecule has 3 rings (SSSR count). The molecule has 0 aliphatic heterocycles. The van der Waals surface area contributed by atoms with Crippen LogP contribution in [-0.4, -0.2) is 9.78 Å². The summed E-state index contributed by atoms with van der Waals surface area (Å²) in [5, 5.41) is 2.85. The van der Waals surface area contributed by atoms with Gasteiger partial charge in [-0.2, -0.15) is 0 Å². The number of hydrogen-bond acceptors (Lipinski definition) is 1. The highest BCUT2D eigenvalue weighted by Crippen LogP contribution is 2.17. The molecule has 3 aromatic rings. The molecule has 100 valence electrons. The number of aryl methyl sites for hydroxylation is 2. The second kappa shape index (κ2) is 4.85. The lowest BCUT2D eigenvalue weighted by atomic mass is 10.1. The van der Waals surface area contributed by atoms with E-state index in [1.807, 2.05) is 68.6 Å². The first kappa shape index (κ1) is 12.5. The molecule has 1 aromatic heterocycles. The van der Waals surface area contributed by atoms with Gasteiger partial charge in [0.05, 0.1) is 11.3 Å². The Balaban J connectivity index is 2.05. The van der Waals surface area contributed by atoms with Crippen LogP contribution in [0, 0.1) is 13.8 Å². The zero-order valence-corrected chi connectivity index (χ0v) is 11.6. The quantitative estimate of drug-likeness (QED) is 0.756. The number of H-pyrrole nitrogens is 1. The molecule has 0 bridgehead atoms. The molecule has 0 aliphatic rings. The van der Waals surface area contributed by atoms with Gasteiger partial charge in [0.25, 0.3) is 5.56 Å². The van der Waals surface area contributed by atoms with E-state index in [1.54, 1.807) is 4.68 Å². The van der Waals surface area contributed by atoms with E-state index < -0.39 is 0 Å². The molecule has 20 heavy (non-hydrogen) atoms. The molecule has 0 atom stereocenters. The first-order valence-corrected chi connectivity index (χ1v) is 6.59. The van der Waals surface area contributed by atoms with Gasteiger partial charge in [0.1, 0.15) is 0 Å². The van der Waals surface area contributed by atoms with Crippen LogP contribution >= 0.6 is 0 Å². The normalized spacial score (nSPS) is 10.7. The minimum Gasteiger partial charge on any atom is -0.267 e. The molecule has 1 heterocycles. The summed E-state index contributed by atoms with van der Waals surface area (Å²) < 4.78 is 1.76. The molecular formula is C17H16N2O. The first-order valence-electron chi connectivity index (χ1n) is 6.59. The highest BCUT2D eigenvalue weighted by Gasteiger charge is 2.07. The topological polar surface area (TPSA) is 37.8 Å². The van der Waals surface area contributed by atoms with E-state index in [1.165, 1.54) is 11.1 Å². The molecule has 0 spiro atoms. The van der Waals surface area contributed by atoms with Gasteiger partial charge in [-0.25, -0.2) is 0 Å². The summed E-state index contributed by atoms with van der Waals surface area (Å²) in [5.74, 6) is 0. The van der Waals surface area contributed by atoms with Crippen molar-refractivity contribution < 1.29 is 0 Å². The summed E-state index contributed by atoms with van der Waals surface area (Å²) in [6.07, 6.45) is 1.84. The number of nitrogens with one attached hydrogen (secondary N) is 1. The van der Waals surface area contributed by atoms with Crippen LogP contribution in [0.15, 0.2) is 59.5 Å². The van der Waals surface area contributed by atoms with Crippen LogP contribution in [0.1, 0.15) is 11.1 Å². The smallest absolute Gasteiger partial charge is 0.267 e. The predicted molar refractivity (Wildman–Crippen MR) is 81.3 cm³/mol. The van der Waals surface area contributed by atoms with Gasteiger partial charge in [-0.1, -0.05) is 47.5 Å². The van der Waals surface area contributed by atoms with Crippen LogP contribution in [-0.2, 0) is 0 Å². The summed E-state index contributed by atoms with van der Waals surface area (Å²) in [5.41, 5.74) is 4.87. The molecule has 0 unspecified atom stereocenters. The second-order valence-corrected chi connectivity index (χ2v) is 5.06. The van der Waals surface area contributed by atoms with Gasteiger partial charge in [-0.05, 0) is 31.5 Å². The van der Waals surface area contributed by atoms with E-state index in [9.17, 15) is 4.79 Å². The third kappa shape index (κ3) is 2.30. The number of hydrogen-bond donors (Lipinski definition) is 1. The van der Waals surface area contributed by atoms with Crippen LogP contribution in [0.3, 0.4) is 0 Å². The average Bonchev–Trinajstić information content (AvgIpc) is 2.82. The van der Waals surface area contributed by atoms with Gasteiger partial charge in [0, 0.05) is 6.20 Å². The van der Waals surface area contributed by atoms with Crippen molar-refractivity contribution in [3.63, 3.8) is 0 Å². The van der Waals surface area contributed by atoms with Crippen LogP contribution in [0.4, 0.5) is 0 Å². The van der Waals surface area contributed by atoms with Crippen molar-refractivity contribution in [3.8, 4) is 16.8 Å². The zero-order chi connectivity index (χ0) is 14.1. The second-order valence-electron chi connectivity index (χ2n) is 5.06. The van der Waals surface area contributed by atoms with Crippen molar-refractivity contribution in [2.75, 3.05) is 0 Å². The Morgan fingerprint density at radius 2 is 1.40 bits per heavy atom. The fourth-order valence-electron chi connectivity index (χ4n) is 2.17. The van der Waals surface area contributed by atoms with Crippen molar-refractivity contribution >= 4 is 0 Å². The fraction of sp³-hybridized carbons (Fsp3) is 0.118. The lowest BCUT2D eigenvalue weighted by molar-refractivity contribution is 0.863. The van der Waals surface area contributed by atoms with E-state index in [0.717, 1.165) is 11.3 Å². The predicted octanol–water partition coefficient (Wildman–Crippen LogP) is 3.45. The van der Waals surface area contributed by atoms with Crippen molar-refractivity contribution in [2.45, 2.75) is 13.8 Å². The molecule has 3 heteroatoms. The number of benzene rings is 2. The number of aromatic amines is 1. The summed E-state index contributed by atoms with van der Waals surface area (Å²) in [6, 6.07) is 16.0. The van der Waals surface area contributed by atoms with E-state index in [2.05, 4.69) is 5.10 Å². The molecule has 3 nitrogen and oxygen atoms in total. The Hall–Kier alpha value is -2.55. The van der Waals surface area contributed by atoms with Crippen molar-refractivity contribution in [3.05, 3.63) is 76.2 Å². The SMILES string of the molecule is Cc1ccc(-c2cn(-c3ccc(C)cc3)[nH]c2=O)cc1. The number of rotatable bonds is 2. The Bertz CT molecular complexity index is 777. The summed E-state index contributed by atoms with van der Waals surface area (Å²) in [4.78, 5) is 12.1. The molecule has 0 saturated carbocycles. The largest absolute Gasteiger partial charge is 0.272 e. The lowest BCUT2D eigenvalue weighted by Gasteiger charge is -2.02. The van der Waals surface area contributed by atoms with Crippen LogP contribution in [0.25, 0.3) is 16.8 Å². The van der Waals surface area contributed by atoms with Crippen molar-refractivity contribution in [1.82, 2.24) is 9.78 Å². The van der Waals surface area contributed by atoms with Gasteiger partial charge in [-0.3, -0.25) is 14.6 Å². The Morgan fingerprint density at radius 3 is 2.00 bits per heavy atom. The maximum atomic E-state index is 12.1. The zero-order valence-electron chi connectivity index (χ0n) is 11.6. The molecule has 2 aromatic carbocycles. The molecule has 0 aliphatic carbocycles. The summed E-state index contributed by atoms with van der Waals surface area (Å²) >= 11 is 0. The van der Waals surface area contributed by atoms with Crippen molar-refractivity contribution in [1.29, 1.82) is 0 Å². The molecule has 1 N–H and O–H groups in total. The van der Waals surface area contributed by atoms with Crippen LogP contribution in [0.2, 0.25) is 0 Å². The van der Waals surface area contributed by atoms with E-state index in [0.29, 0.717) is 5.56 Å². The minimum absolute atomic E-state index is 0.0746. The molecule has 0 saturated heterocycles. The molecule has 0 fully saturated rings. The fourth-order valence-corrected chi connectivity index (χ4v) is 2.17. The number of aromatic nitrogens is 2. The van der Waals surface area contributed by atoms with Gasteiger partial charge >= 0.3 is 0 Å². The maximum absolute atomic E-state index is 12.1. The number of nitrogens with zero attached hydrogens (tertiary/aromatic N) is 1. The molecule has 0 amide bonds. The maximum Gasteiger partial charge on any atom is 0.272 e. The van der Waals surface area contributed by atoms with Crippen LogP contribution < -0.4 is 5.56 Å². The third-order valence-corrected chi connectivity index (χ3v) is 3.40. The van der Waals surface area contributed by atoms with Gasteiger partial charge in [-0.15, -0.1) is 0 Å². The summed E-state index contributed by atoms with van der Waals surface area (Å²) in [6.45, 7) is 4.07. The standard InChI is InChI=1S/C17H16N2O/c1-12-3-7-14(8-4-12)16-11-19(18-17(16)20)15-9-5-13(2)6-10-15/h3-11H,1-2H3,(H,18,20). The average molecular weight is 264 g/mol. The Kier molecular flexibility index (Phi) is 3.03. The van der Waals surface area contributed by atoms with Gasteiger partial charge in [0.15, 0.2) is 0 Å². The van der Waals surface area contributed by atoms with Gasteiger partial charge < -0.3 is 0 Å². The lowest BCUT2D eigenvalue weighted by Crippen LogP contribution is -2.05. The van der Waals surface area contributed by atoms with E-state index in [4.69, 9.17) is 0 Å². The van der Waals surface area contributed by atoms with E-state index >= 15 is 0 Å². The van der Waals surface area contributed by atoms with Crippen molar-refractivity contribution in [2.24, 2.45) is 0 Å². The van der Waals surface area contributed by atoms with Crippen LogP contribution in [0.5, 0.6) is 0 Å². The molecule has 0 radical (unpaired) electrons. The van der Waals surface area contributed by atoms with E-state index in [-0.39, 0.29) is 5.56 Å². The summed E-state index contributed by atoms with van der Waals surface area (Å²) in [7, 11) is 0. The Morgan fingerprint density at radius 1 is 0.850 bits per heavy atom. The minimum atomic E-state index is -0.0746. The van der Waals surface area contributed by atoms with Gasteiger partial charge in [0.2, 0.25) is 0 Å². The highest BCUT2D eigenvalue weighted by molar-refractivity contribution is 5.62. The molecular weight excluding hydrogens is 248 g/mol. The third-order valence-electron chi connectivity index (χ3n) is 3.40. The monoisotopic (exact) mass is 264 g/mol. The first-order chi connectivity index (χ1) is 9.63.